The predicted octanol–water partition coefficient (Wildman–Crippen LogP) is 5.16. The van der Waals surface area contributed by atoms with Crippen molar-refractivity contribution in [3.8, 4) is 0 Å². The van der Waals surface area contributed by atoms with E-state index in [1.54, 1.807) is 11.8 Å². The van der Waals surface area contributed by atoms with E-state index in [0.717, 1.165) is 71.8 Å². The van der Waals surface area contributed by atoms with Gasteiger partial charge in [-0.3, -0.25) is 0 Å². The molecule has 7 heteroatoms. The minimum absolute atomic E-state index is 0.793. The second-order valence-corrected chi connectivity index (χ2v) is 11.3. The van der Waals surface area contributed by atoms with Gasteiger partial charge in [-0.2, -0.15) is 0 Å². The summed E-state index contributed by atoms with van der Waals surface area (Å²) in [5, 5.41) is 14.6. The molecule has 192 valence electrons. The molecule has 1 aromatic carbocycles. The van der Waals surface area contributed by atoms with E-state index in [2.05, 4.69) is 50.5 Å². The summed E-state index contributed by atoms with van der Waals surface area (Å²) in [5.41, 5.74) is 8.24. The Morgan fingerprint density at radius 3 is 2.27 bits per heavy atom. The molecule has 0 spiro atoms. The summed E-state index contributed by atoms with van der Waals surface area (Å²) in [7, 11) is 0. The monoisotopic (exact) mass is 513 g/mol. The molecule has 0 saturated carbocycles. The Morgan fingerprint density at radius 2 is 1.65 bits per heavy atom. The van der Waals surface area contributed by atoms with Crippen LogP contribution in [0.25, 0.3) is 11.1 Å². The highest BCUT2D eigenvalue weighted by molar-refractivity contribution is 7.99. The summed E-state index contributed by atoms with van der Waals surface area (Å²) in [6.07, 6.45) is 5.18. The maximum atomic E-state index is 10.4. The van der Waals surface area contributed by atoms with Gasteiger partial charge in [0.25, 0.3) is 0 Å². The molecule has 6 nitrogen and oxygen atoms in total. The highest BCUT2D eigenvalue weighted by atomic mass is 32.2. The van der Waals surface area contributed by atoms with Gasteiger partial charge in [0, 0.05) is 49.5 Å². The molecule has 0 radical (unpaired) electrons. The number of aromatic nitrogens is 3. The third-order valence-electron chi connectivity index (χ3n) is 6.92. The minimum atomic E-state index is -0.858. The fourth-order valence-electron chi connectivity index (χ4n) is 4.89. The fraction of sp³-hybridized carbons (Fsp3) is 0.367. The SMILES string of the molecule is Cc1cc(C)nc(SCC2=C(c3ccc(C(C)(C)O)cc3)CC(c3ccc(N4CCNCC4)nc3)=C2)n1. The lowest BCUT2D eigenvalue weighted by atomic mass is 9.93. The van der Waals surface area contributed by atoms with E-state index in [1.807, 2.05) is 52.1 Å². The van der Waals surface area contributed by atoms with Crippen LogP contribution in [0.1, 0.15) is 48.3 Å². The average molecular weight is 514 g/mol. The molecule has 0 amide bonds. The molecular weight excluding hydrogens is 478 g/mol. The Bertz CT molecular complexity index is 1300. The Labute approximate surface area is 224 Å². The number of nitrogens with one attached hydrogen (secondary N) is 1. The number of rotatable bonds is 7. The Morgan fingerprint density at radius 1 is 0.973 bits per heavy atom. The molecule has 0 unspecified atom stereocenters. The second kappa shape index (κ2) is 10.8. The van der Waals surface area contributed by atoms with Crippen LogP contribution in [0.4, 0.5) is 5.82 Å². The van der Waals surface area contributed by atoms with Crippen LogP contribution in [0.5, 0.6) is 0 Å². The molecule has 3 aromatic rings. The average Bonchev–Trinajstić information content (AvgIpc) is 3.31. The first-order chi connectivity index (χ1) is 17.8. The largest absolute Gasteiger partial charge is 0.386 e. The van der Waals surface area contributed by atoms with Crippen molar-refractivity contribution < 1.29 is 5.11 Å². The van der Waals surface area contributed by atoms with Crippen LogP contribution >= 0.6 is 11.8 Å². The van der Waals surface area contributed by atoms with Gasteiger partial charge in [0.2, 0.25) is 0 Å². The summed E-state index contributed by atoms with van der Waals surface area (Å²) < 4.78 is 0. The van der Waals surface area contributed by atoms with Gasteiger partial charge in [0.1, 0.15) is 5.82 Å². The van der Waals surface area contributed by atoms with E-state index >= 15 is 0 Å². The first-order valence-electron chi connectivity index (χ1n) is 12.9. The van der Waals surface area contributed by atoms with E-state index in [-0.39, 0.29) is 0 Å². The van der Waals surface area contributed by atoms with Gasteiger partial charge in [-0.1, -0.05) is 42.1 Å². The summed E-state index contributed by atoms with van der Waals surface area (Å²) in [6, 6.07) is 14.7. The molecule has 2 N–H and O–H groups in total. The minimum Gasteiger partial charge on any atom is -0.386 e. The van der Waals surface area contributed by atoms with Crippen molar-refractivity contribution in [2.45, 2.75) is 44.9 Å². The van der Waals surface area contributed by atoms with E-state index in [1.165, 1.54) is 22.3 Å². The highest BCUT2D eigenvalue weighted by Crippen LogP contribution is 2.40. The molecule has 2 aliphatic rings. The molecule has 0 atom stereocenters. The predicted molar refractivity (Wildman–Crippen MR) is 153 cm³/mol. The van der Waals surface area contributed by atoms with Crippen LogP contribution in [-0.4, -0.2) is 52.0 Å². The maximum Gasteiger partial charge on any atom is 0.188 e. The Hall–Kier alpha value is -3.00. The molecule has 2 aromatic heterocycles. The molecule has 1 fully saturated rings. The lowest BCUT2D eigenvalue weighted by Gasteiger charge is -2.28. The van der Waals surface area contributed by atoms with Gasteiger partial charge in [-0.05, 0) is 85.7 Å². The first-order valence-corrected chi connectivity index (χ1v) is 13.9. The summed E-state index contributed by atoms with van der Waals surface area (Å²) >= 11 is 1.68. The molecular formula is C30H35N5OS. The number of piperazine rings is 1. The lowest BCUT2D eigenvalue weighted by Crippen LogP contribution is -2.43. The lowest BCUT2D eigenvalue weighted by molar-refractivity contribution is 0.0786. The molecule has 0 bridgehead atoms. The first kappa shape index (κ1) is 25.6. The quantitative estimate of drug-likeness (QED) is 0.334. The van der Waals surface area contributed by atoms with Crippen LogP contribution in [0.15, 0.2) is 65.5 Å². The number of hydrogen-bond donors (Lipinski definition) is 2. The van der Waals surface area contributed by atoms with E-state index < -0.39 is 5.60 Å². The third kappa shape index (κ3) is 6.12. The number of benzene rings is 1. The zero-order valence-electron chi connectivity index (χ0n) is 22.1. The molecule has 3 heterocycles. The standard InChI is InChI=1S/C30H35N5OS/c1-20-15-21(2)34-29(33-20)37-19-25-16-24(17-27(25)22-5-8-26(9-6-22)30(3,4)36)23-7-10-28(32-18-23)35-13-11-31-12-14-35/h5-10,15-16,18,31,36H,11-14,17,19H2,1-4H3. The van der Waals surface area contributed by atoms with Crippen molar-refractivity contribution in [3.05, 3.63) is 88.4 Å². The zero-order valence-corrected chi connectivity index (χ0v) is 22.9. The highest BCUT2D eigenvalue weighted by Gasteiger charge is 2.22. The molecule has 37 heavy (non-hydrogen) atoms. The number of thioether (sulfide) groups is 1. The van der Waals surface area contributed by atoms with Crippen molar-refractivity contribution in [2.75, 3.05) is 36.8 Å². The van der Waals surface area contributed by atoms with Crippen molar-refractivity contribution >= 4 is 28.7 Å². The van der Waals surface area contributed by atoms with E-state index in [0.29, 0.717) is 0 Å². The second-order valence-electron chi connectivity index (χ2n) is 10.4. The number of pyridine rings is 1. The van der Waals surface area contributed by atoms with Crippen molar-refractivity contribution in [1.82, 2.24) is 20.3 Å². The topological polar surface area (TPSA) is 74.2 Å². The van der Waals surface area contributed by atoms with Gasteiger partial charge in [-0.25, -0.2) is 15.0 Å². The molecule has 5 rings (SSSR count). The third-order valence-corrected chi connectivity index (χ3v) is 7.82. The zero-order chi connectivity index (χ0) is 26.0. The summed E-state index contributed by atoms with van der Waals surface area (Å²) in [6.45, 7) is 11.6. The van der Waals surface area contributed by atoms with Crippen LogP contribution in [-0.2, 0) is 5.60 Å². The number of hydrogen-bond acceptors (Lipinski definition) is 7. The van der Waals surface area contributed by atoms with Crippen molar-refractivity contribution in [1.29, 1.82) is 0 Å². The Kier molecular flexibility index (Phi) is 7.47. The van der Waals surface area contributed by atoms with Gasteiger partial charge in [-0.15, -0.1) is 0 Å². The van der Waals surface area contributed by atoms with Crippen molar-refractivity contribution in [3.63, 3.8) is 0 Å². The van der Waals surface area contributed by atoms with Gasteiger partial charge in [0.05, 0.1) is 5.60 Å². The number of allylic oxidation sites excluding steroid dienone is 3. The number of aryl methyl sites for hydroxylation is 2. The maximum absolute atomic E-state index is 10.4. The molecule has 1 aliphatic heterocycles. The van der Waals surface area contributed by atoms with E-state index in [4.69, 9.17) is 4.98 Å². The van der Waals surface area contributed by atoms with Gasteiger partial charge < -0.3 is 15.3 Å². The van der Waals surface area contributed by atoms with E-state index in [9.17, 15) is 5.11 Å². The number of nitrogens with zero attached hydrogens (tertiary/aromatic N) is 4. The summed E-state index contributed by atoms with van der Waals surface area (Å²) in [5.74, 6) is 1.84. The molecule has 1 saturated heterocycles. The Balaban J connectivity index is 1.41. The van der Waals surface area contributed by atoms with Gasteiger partial charge in [0.15, 0.2) is 5.16 Å². The van der Waals surface area contributed by atoms with Gasteiger partial charge >= 0.3 is 0 Å². The van der Waals surface area contributed by atoms with Crippen LogP contribution < -0.4 is 10.2 Å². The molecule has 1 aliphatic carbocycles. The number of aliphatic hydroxyl groups is 1. The van der Waals surface area contributed by atoms with Crippen LogP contribution in [0.3, 0.4) is 0 Å². The normalized spacial score (nSPS) is 16.4. The van der Waals surface area contributed by atoms with Crippen LogP contribution in [0, 0.1) is 13.8 Å². The summed E-state index contributed by atoms with van der Waals surface area (Å²) in [4.78, 5) is 16.4. The fourth-order valence-corrected chi connectivity index (χ4v) is 5.85. The van der Waals surface area contributed by atoms with Crippen LogP contribution in [0.2, 0.25) is 0 Å². The van der Waals surface area contributed by atoms with Crippen molar-refractivity contribution in [2.24, 2.45) is 0 Å². The smallest absolute Gasteiger partial charge is 0.188 e. The number of anilines is 1.